The van der Waals surface area contributed by atoms with E-state index in [9.17, 15) is 22.4 Å². The van der Waals surface area contributed by atoms with E-state index >= 15 is 0 Å². The summed E-state index contributed by atoms with van der Waals surface area (Å²) in [6.07, 6.45) is 9.36. The topological polar surface area (TPSA) is 104 Å². The Hall–Kier alpha value is -3.40. The van der Waals surface area contributed by atoms with Crippen molar-refractivity contribution in [1.29, 1.82) is 0 Å². The third-order valence-electron chi connectivity index (χ3n) is 5.68. The molecule has 2 heterocycles. The van der Waals surface area contributed by atoms with E-state index in [0.29, 0.717) is 12.6 Å². The first kappa shape index (κ1) is 32.6. The fourth-order valence-corrected chi connectivity index (χ4v) is 3.65. The Labute approximate surface area is 221 Å². The fourth-order valence-electron chi connectivity index (χ4n) is 3.65. The van der Waals surface area contributed by atoms with Gasteiger partial charge in [-0.15, -0.1) is 0 Å². The van der Waals surface area contributed by atoms with E-state index in [1.807, 2.05) is 19.9 Å². The van der Waals surface area contributed by atoms with Gasteiger partial charge in [0.15, 0.2) is 5.95 Å². The van der Waals surface area contributed by atoms with Crippen molar-refractivity contribution >= 4 is 5.57 Å². The van der Waals surface area contributed by atoms with Gasteiger partial charge in [-0.25, -0.2) is 13.2 Å². The van der Waals surface area contributed by atoms with Crippen LogP contribution in [0.3, 0.4) is 0 Å². The van der Waals surface area contributed by atoms with Crippen LogP contribution in [0.1, 0.15) is 76.4 Å². The predicted octanol–water partition coefficient (Wildman–Crippen LogP) is 6.77. The smallest absolute Gasteiger partial charge is 0.264 e. The summed E-state index contributed by atoms with van der Waals surface area (Å²) in [5.41, 5.74) is 7.25. The van der Waals surface area contributed by atoms with Crippen LogP contribution >= 0.6 is 0 Å². The molecule has 2 atom stereocenters. The Kier molecular flexibility index (Phi) is 13.0. The molecule has 2 aliphatic rings. The van der Waals surface area contributed by atoms with Crippen molar-refractivity contribution < 1.29 is 22.7 Å². The zero-order valence-electron chi connectivity index (χ0n) is 22.5. The minimum atomic E-state index is -3.25. The highest BCUT2D eigenvalue weighted by atomic mass is 19.3. The first-order valence-electron chi connectivity index (χ1n) is 12.5. The first-order valence-corrected chi connectivity index (χ1v) is 12.5. The van der Waals surface area contributed by atoms with Crippen molar-refractivity contribution in [2.45, 2.75) is 78.3 Å². The third-order valence-corrected chi connectivity index (χ3v) is 5.68. The molecule has 6 nitrogen and oxygen atoms in total. The second kappa shape index (κ2) is 15.1. The van der Waals surface area contributed by atoms with Gasteiger partial charge in [-0.1, -0.05) is 32.6 Å². The lowest BCUT2D eigenvalue weighted by Gasteiger charge is -2.20. The number of dihydropyridines is 1. The molecule has 0 saturated carbocycles. The molecule has 210 valence electrons. The van der Waals surface area contributed by atoms with Gasteiger partial charge in [0.2, 0.25) is 5.56 Å². The number of aromatic amines is 1. The number of halogens is 4. The first-order chi connectivity index (χ1) is 17.8. The van der Waals surface area contributed by atoms with Crippen LogP contribution in [0.15, 0.2) is 65.2 Å². The van der Waals surface area contributed by atoms with Crippen LogP contribution in [0.5, 0.6) is 0 Å². The monoisotopic (exact) mass is 538 g/mol. The van der Waals surface area contributed by atoms with Crippen LogP contribution in [0.4, 0.5) is 17.6 Å². The van der Waals surface area contributed by atoms with Crippen LogP contribution in [0, 0.1) is 12.7 Å². The Bertz CT molecular complexity index is 1180. The van der Waals surface area contributed by atoms with Crippen LogP contribution < -0.4 is 16.6 Å². The molecule has 0 spiro atoms. The number of nitrogens with zero attached hydrogens (tertiary/aromatic N) is 1. The Morgan fingerprint density at radius 1 is 1.21 bits per heavy atom. The van der Waals surface area contributed by atoms with Crippen LogP contribution in [0.2, 0.25) is 0 Å². The average molecular weight is 539 g/mol. The lowest BCUT2D eigenvalue weighted by Crippen LogP contribution is -2.31. The minimum absolute atomic E-state index is 0.0676. The predicted molar refractivity (Wildman–Crippen MR) is 144 cm³/mol. The van der Waals surface area contributed by atoms with Crippen LogP contribution in [-0.2, 0) is 0 Å². The maximum absolute atomic E-state index is 13.9. The number of H-pyrrole nitrogens is 1. The molecular formula is C28H38F4N4O2. The molecule has 1 aliphatic carbocycles. The quantitative estimate of drug-likeness (QED) is 0.192. The molecule has 10 heteroatoms. The summed E-state index contributed by atoms with van der Waals surface area (Å²) in [5.74, 6) is -4.64. The minimum Gasteiger partial charge on any atom is -0.510 e. The van der Waals surface area contributed by atoms with Gasteiger partial charge in [-0.05, 0) is 68.4 Å². The summed E-state index contributed by atoms with van der Waals surface area (Å²) in [6, 6.07) is -0.0466. The Morgan fingerprint density at radius 2 is 1.87 bits per heavy atom. The number of nitrogens with two attached hydrogens (primary N) is 1. The molecule has 0 amide bonds. The zero-order chi connectivity index (χ0) is 29.0. The SMILES string of the molecule is C=C(O)C1NC(F)=CC=C1C.CC.Cc1nc(C2=CCCCC2)cc(=O)[nH]cc(F)cc1C(N)C(C)(F)F. The standard InChI is InChI=1S/C18H22F3N3O.C8H10FNO.C2H6/c1-11-14(17(22)18(2,20)21)8-13(19)10-23-16(25)9-15(24-11)12-6-4-3-5-7-12;1-5-3-4-7(9)10-8(5)6(2)11;1-2/h6,8-10,17H,3-5,7,22H2,1-2H3,(H,23,25);3-4,8,10-11H,2H2,1H3;1-2H3. The van der Waals surface area contributed by atoms with Gasteiger partial charge in [0, 0.05) is 24.9 Å². The number of hydrogen-bond acceptors (Lipinski definition) is 5. The fraction of sp³-hybridized carbons (Fsp3) is 0.429. The molecule has 5 N–H and O–H groups in total. The molecule has 0 radical (unpaired) electrons. The summed E-state index contributed by atoms with van der Waals surface area (Å²) in [7, 11) is 0. The highest BCUT2D eigenvalue weighted by Gasteiger charge is 2.33. The van der Waals surface area contributed by atoms with Gasteiger partial charge < -0.3 is 21.1 Å². The summed E-state index contributed by atoms with van der Waals surface area (Å²) < 4.78 is 53.8. The van der Waals surface area contributed by atoms with E-state index in [2.05, 4.69) is 21.9 Å². The van der Waals surface area contributed by atoms with Crippen molar-refractivity contribution in [2.24, 2.45) is 5.73 Å². The summed E-state index contributed by atoms with van der Waals surface area (Å²) >= 11 is 0. The number of aromatic nitrogens is 2. The highest BCUT2D eigenvalue weighted by molar-refractivity contribution is 5.62. The number of nitrogens with one attached hydrogen (secondary N) is 2. The van der Waals surface area contributed by atoms with Gasteiger partial charge in [0.05, 0.1) is 11.7 Å². The van der Waals surface area contributed by atoms with E-state index in [0.717, 1.165) is 49.1 Å². The lowest BCUT2D eigenvalue weighted by atomic mass is 9.97. The molecule has 1 aromatic heterocycles. The van der Waals surface area contributed by atoms with Crippen molar-refractivity contribution in [3.8, 4) is 0 Å². The normalized spacial score (nSPS) is 17.4. The Balaban J connectivity index is 0.000000463. The van der Waals surface area contributed by atoms with Crippen molar-refractivity contribution in [2.75, 3.05) is 0 Å². The van der Waals surface area contributed by atoms with Crippen molar-refractivity contribution in [1.82, 2.24) is 15.3 Å². The number of allylic oxidation sites excluding steroid dienone is 4. The summed E-state index contributed by atoms with van der Waals surface area (Å²) in [6.45, 7) is 11.3. The molecule has 0 fully saturated rings. The molecule has 1 aromatic rings. The van der Waals surface area contributed by atoms with E-state index in [1.54, 1.807) is 13.0 Å². The third kappa shape index (κ3) is 10.2. The molecular weight excluding hydrogens is 500 g/mol. The number of aliphatic hydroxyl groups is 1. The molecule has 3 rings (SSSR count). The van der Waals surface area contributed by atoms with Gasteiger partial charge in [0.25, 0.3) is 5.92 Å². The van der Waals surface area contributed by atoms with E-state index in [1.165, 1.54) is 19.1 Å². The molecule has 38 heavy (non-hydrogen) atoms. The highest BCUT2D eigenvalue weighted by Crippen LogP contribution is 2.30. The van der Waals surface area contributed by atoms with Gasteiger partial charge in [0.1, 0.15) is 17.6 Å². The lowest BCUT2D eigenvalue weighted by molar-refractivity contribution is -0.00653. The molecule has 0 saturated heterocycles. The second-order valence-corrected chi connectivity index (χ2v) is 8.77. The van der Waals surface area contributed by atoms with Crippen molar-refractivity contribution in [3.05, 3.63) is 93.5 Å². The molecule has 1 aliphatic heterocycles. The average Bonchev–Trinajstić information content (AvgIpc) is 2.87. The van der Waals surface area contributed by atoms with Crippen molar-refractivity contribution in [3.63, 3.8) is 0 Å². The summed E-state index contributed by atoms with van der Waals surface area (Å²) in [4.78, 5) is 18.5. The maximum atomic E-state index is 13.9. The number of aryl methyl sites for hydroxylation is 1. The number of rotatable bonds is 4. The van der Waals surface area contributed by atoms with Gasteiger partial charge >= 0.3 is 0 Å². The largest absolute Gasteiger partial charge is 0.510 e. The molecule has 0 aromatic carbocycles. The number of aliphatic hydroxyl groups excluding tert-OH is 1. The van der Waals surface area contributed by atoms with E-state index in [-0.39, 0.29) is 17.0 Å². The molecule has 2 unspecified atom stereocenters. The molecule has 0 bridgehead atoms. The zero-order valence-corrected chi connectivity index (χ0v) is 22.5. The van der Waals surface area contributed by atoms with Crippen LogP contribution in [0.25, 0.3) is 5.57 Å². The summed E-state index contributed by atoms with van der Waals surface area (Å²) in [5, 5.41) is 11.4. The number of alkyl halides is 2. The van der Waals surface area contributed by atoms with Gasteiger partial charge in [-0.3, -0.25) is 9.78 Å². The number of hydrogen-bond donors (Lipinski definition) is 4. The van der Waals surface area contributed by atoms with E-state index < -0.39 is 35.3 Å². The van der Waals surface area contributed by atoms with Gasteiger partial charge in [-0.2, -0.15) is 4.39 Å². The van der Waals surface area contributed by atoms with E-state index in [4.69, 9.17) is 10.8 Å². The maximum Gasteiger partial charge on any atom is 0.264 e. The van der Waals surface area contributed by atoms with Crippen LogP contribution in [-0.4, -0.2) is 27.0 Å². The second-order valence-electron chi connectivity index (χ2n) is 8.77. The Morgan fingerprint density at radius 3 is 2.39 bits per heavy atom.